The third-order valence-electron chi connectivity index (χ3n) is 7.62. The quantitative estimate of drug-likeness (QED) is 0.124. The Balaban J connectivity index is 1.58. The van der Waals surface area contributed by atoms with Crippen molar-refractivity contribution >= 4 is 38.7 Å². The number of hydrogen-bond donors (Lipinski definition) is 0. The van der Waals surface area contributed by atoms with Crippen LogP contribution in [0.1, 0.15) is 50.8 Å². The number of hydrogen-bond acceptors (Lipinski definition) is 6. The average molecular weight is 668 g/mol. The fraction of sp³-hybridized carbons (Fsp3) is 0.256. The van der Waals surface area contributed by atoms with Crippen molar-refractivity contribution in [1.29, 1.82) is 0 Å². The molecule has 47 heavy (non-hydrogen) atoms. The maximum Gasteiger partial charge on any atom is 0.424 e. The number of benzene rings is 5. The second-order valence-electron chi connectivity index (χ2n) is 12.1. The standard InChI is InChI=1S/C39H41NO5S2/c1-5-28-44-35-25-15-24-34-33(35)23-16-26-36(34)47(42,43)40(37(41)45-38(2,3)4)27-29-46-39(30-17-9-6-10-18-30,31-19-11-7-12-20-31)32-21-13-8-14-22-32/h6-26H,5,27-29H2,1-4H3. The Kier molecular flexibility index (Phi) is 10.6. The van der Waals surface area contributed by atoms with E-state index in [1.54, 1.807) is 50.7 Å². The summed E-state index contributed by atoms with van der Waals surface area (Å²) < 4.78 is 40.9. The first-order valence-electron chi connectivity index (χ1n) is 15.8. The fourth-order valence-electron chi connectivity index (χ4n) is 5.61. The van der Waals surface area contributed by atoms with Gasteiger partial charge in [0.05, 0.1) is 16.2 Å². The average Bonchev–Trinajstić information content (AvgIpc) is 3.07. The van der Waals surface area contributed by atoms with E-state index >= 15 is 0 Å². The van der Waals surface area contributed by atoms with Gasteiger partial charge in [0.2, 0.25) is 0 Å². The number of amides is 1. The lowest BCUT2D eigenvalue weighted by molar-refractivity contribution is 0.0398. The van der Waals surface area contributed by atoms with E-state index < -0.39 is 26.5 Å². The third kappa shape index (κ3) is 7.50. The van der Waals surface area contributed by atoms with Crippen LogP contribution in [0.15, 0.2) is 132 Å². The van der Waals surface area contributed by atoms with Gasteiger partial charge in [-0.05, 0) is 56.0 Å². The zero-order chi connectivity index (χ0) is 33.5. The van der Waals surface area contributed by atoms with Crippen LogP contribution in [0.25, 0.3) is 10.8 Å². The minimum absolute atomic E-state index is 0.0215. The highest BCUT2D eigenvalue weighted by Gasteiger charge is 2.39. The molecule has 5 aromatic rings. The Labute approximate surface area is 282 Å². The van der Waals surface area contributed by atoms with Crippen molar-refractivity contribution < 1.29 is 22.7 Å². The largest absolute Gasteiger partial charge is 0.493 e. The molecule has 0 atom stereocenters. The monoisotopic (exact) mass is 667 g/mol. The molecule has 0 heterocycles. The molecule has 8 heteroatoms. The van der Waals surface area contributed by atoms with Crippen LogP contribution in [0.4, 0.5) is 4.79 Å². The normalized spacial score (nSPS) is 12.1. The lowest BCUT2D eigenvalue weighted by Crippen LogP contribution is -2.42. The fourth-order valence-corrected chi connectivity index (χ4v) is 8.72. The lowest BCUT2D eigenvalue weighted by atomic mass is 9.84. The van der Waals surface area contributed by atoms with Crippen LogP contribution in [0.5, 0.6) is 5.75 Å². The maximum atomic E-state index is 14.5. The number of fused-ring (bicyclic) bond motifs is 1. The zero-order valence-corrected chi connectivity index (χ0v) is 28.9. The molecule has 0 saturated carbocycles. The van der Waals surface area contributed by atoms with Gasteiger partial charge < -0.3 is 9.47 Å². The number of ether oxygens (including phenoxy) is 2. The summed E-state index contributed by atoms with van der Waals surface area (Å²) in [6.45, 7) is 7.59. The number of sulfonamides is 1. The first kappa shape index (κ1) is 34.1. The van der Waals surface area contributed by atoms with Gasteiger partial charge in [0, 0.05) is 23.1 Å². The van der Waals surface area contributed by atoms with E-state index in [0.717, 1.165) is 27.4 Å². The minimum atomic E-state index is -4.36. The number of thioether (sulfide) groups is 1. The predicted molar refractivity (Wildman–Crippen MR) is 192 cm³/mol. The van der Waals surface area contributed by atoms with Crippen LogP contribution in [0.3, 0.4) is 0 Å². The third-order valence-corrected chi connectivity index (χ3v) is 11.0. The highest BCUT2D eigenvalue weighted by molar-refractivity contribution is 8.00. The van der Waals surface area contributed by atoms with E-state index in [-0.39, 0.29) is 17.2 Å². The summed E-state index contributed by atoms with van der Waals surface area (Å²) in [5, 5.41) is 1.14. The number of carbonyl (C=O) groups is 1. The number of rotatable bonds is 12. The van der Waals surface area contributed by atoms with Gasteiger partial charge in [-0.2, -0.15) is 4.31 Å². The highest BCUT2D eigenvalue weighted by Crippen LogP contribution is 2.48. The summed E-state index contributed by atoms with van der Waals surface area (Å²) in [5.74, 6) is 0.881. The Bertz CT molecular complexity index is 1790. The van der Waals surface area contributed by atoms with E-state index in [1.165, 1.54) is 6.07 Å². The van der Waals surface area contributed by atoms with Gasteiger partial charge in [-0.15, -0.1) is 11.8 Å². The Hall–Kier alpha value is -4.27. The van der Waals surface area contributed by atoms with E-state index in [0.29, 0.717) is 23.1 Å². The molecule has 0 bridgehead atoms. The molecule has 0 N–H and O–H groups in total. The van der Waals surface area contributed by atoms with Gasteiger partial charge in [-0.3, -0.25) is 0 Å². The second kappa shape index (κ2) is 14.7. The summed E-state index contributed by atoms with van der Waals surface area (Å²) >= 11 is 1.58. The summed E-state index contributed by atoms with van der Waals surface area (Å²) in [5.41, 5.74) is 2.23. The summed E-state index contributed by atoms with van der Waals surface area (Å²) in [7, 11) is -4.36. The van der Waals surface area contributed by atoms with Crippen LogP contribution in [0.2, 0.25) is 0 Å². The van der Waals surface area contributed by atoms with Crippen molar-refractivity contribution in [2.45, 2.75) is 49.4 Å². The molecule has 244 valence electrons. The number of carbonyl (C=O) groups excluding carboxylic acids is 1. The predicted octanol–water partition coefficient (Wildman–Crippen LogP) is 9.28. The summed E-state index contributed by atoms with van der Waals surface area (Å²) in [6, 6.07) is 40.9. The van der Waals surface area contributed by atoms with Gasteiger partial charge in [-0.25, -0.2) is 13.2 Å². The molecule has 1 amide bonds. The number of nitrogens with zero attached hydrogens (tertiary/aromatic N) is 1. The van der Waals surface area contributed by atoms with E-state index in [9.17, 15) is 13.2 Å². The zero-order valence-electron chi connectivity index (χ0n) is 27.3. The minimum Gasteiger partial charge on any atom is -0.493 e. The molecule has 0 radical (unpaired) electrons. The maximum absolute atomic E-state index is 14.5. The molecule has 6 nitrogen and oxygen atoms in total. The summed E-state index contributed by atoms with van der Waals surface area (Å²) in [4.78, 5) is 13.8. The van der Waals surface area contributed by atoms with Crippen molar-refractivity contribution in [3.8, 4) is 5.75 Å². The van der Waals surface area contributed by atoms with E-state index in [4.69, 9.17) is 9.47 Å². The molecule has 5 rings (SSSR count). The van der Waals surface area contributed by atoms with Crippen molar-refractivity contribution in [1.82, 2.24) is 4.31 Å². The van der Waals surface area contributed by atoms with E-state index in [2.05, 4.69) is 36.4 Å². The molecular formula is C39H41NO5S2. The lowest BCUT2D eigenvalue weighted by Gasteiger charge is -2.36. The van der Waals surface area contributed by atoms with Gasteiger partial charge in [0.15, 0.2) is 0 Å². The highest BCUT2D eigenvalue weighted by atomic mass is 32.2. The van der Waals surface area contributed by atoms with Crippen LogP contribution in [-0.2, 0) is 19.5 Å². The molecule has 0 aliphatic rings. The van der Waals surface area contributed by atoms with Crippen LogP contribution >= 0.6 is 11.8 Å². The molecule has 0 aromatic heterocycles. The molecular weight excluding hydrogens is 627 g/mol. The SMILES string of the molecule is CCCOc1cccc2c(S(=O)(=O)N(CCSC(c3ccccc3)(c3ccccc3)c3ccccc3)C(=O)OC(C)(C)C)cccc12. The Morgan fingerprint density at radius 1 is 0.702 bits per heavy atom. The molecule has 0 unspecified atom stereocenters. The second-order valence-corrected chi connectivity index (χ2v) is 15.3. The molecule has 0 aliphatic heterocycles. The van der Waals surface area contributed by atoms with Gasteiger partial charge in [0.25, 0.3) is 10.0 Å². The molecule has 0 aliphatic carbocycles. The van der Waals surface area contributed by atoms with Crippen LogP contribution in [-0.4, -0.2) is 43.3 Å². The van der Waals surface area contributed by atoms with Gasteiger partial charge in [0.1, 0.15) is 11.4 Å². The van der Waals surface area contributed by atoms with Crippen molar-refractivity contribution in [2.75, 3.05) is 18.9 Å². The first-order valence-corrected chi connectivity index (χ1v) is 18.2. The van der Waals surface area contributed by atoms with Crippen molar-refractivity contribution in [3.63, 3.8) is 0 Å². The molecule has 5 aromatic carbocycles. The van der Waals surface area contributed by atoms with Crippen molar-refractivity contribution in [2.24, 2.45) is 0 Å². The Morgan fingerprint density at radius 3 is 1.72 bits per heavy atom. The molecule has 0 saturated heterocycles. The first-order chi connectivity index (χ1) is 22.6. The smallest absolute Gasteiger partial charge is 0.424 e. The van der Waals surface area contributed by atoms with Crippen LogP contribution < -0.4 is 4.74 Å². The molecule has 0 spiro atoms. The van der Waals surface area contributed by atoms with Gasteiger partial charge >= 0.3 is 6.09 Å². The van der Waals surface area contributed by atoms with Gasteiger partial charge in [-0.1, -0.05) is 122 Å². The molecule has 0 fully saturated rings. The van der Waals surface area contributed by atoms with E-state index in [1.807, 2.05) is 73.7 Å². The topological polar surface area (TPSA) is 72.9 Å². The Morgan fingerprint density at radius 2 is 1.21 bits per heavy atom. The summed E-state index contributed by atoms with van der Waals surface area (Å²) in [6.07, 6.45) is -0.104. The van der Waals surface area contributed by atoms with Crippen molar-refractivity contribution in [3.05, 3.63) is 144 Å². The van der Waals surface area contributed by atoms with Crippen LogP contribution in [0, 0.1) is 0 Å².